The van der Waals surface area contributed by atoms with E-state index in [4.69, 9.17) is 4.74 Å². The Kier molecular flexibility index (Phi) is 4.29. The number of carbonyl (C=O) groups is 1. The Hall–Kier alpha value is -1.56. The smallest absolute Gasteiger partial charge is 0.410 e. The van der Waals surface area contributed by atoms with E-state index in [0.29, 0.717) is 11.5 Å². The summed E-state index contributed by atoms with van der Waals surface area (Å²) in [6.07, 6.45) is 8.36. The van der Waals surface area contributed by atoms with Crippen LogP contribution >= 0.6 is 15.9 Å². The summed E-state index contributed by atoms with van der Waals surface area (Å²) < 4.78 is 8.85. The maximum atomic E-state index is 12.2. The van der Waals surface area contributed by atoms with Crippen LogP contribution in [0.2, 0.25) is 0 Å². The molecule has 0 N–H and O–H groups in total. The van der Waals surface area contributed by atoms with Crippen LogP contribution in [0.4, 0.5) is 4.79 Å². The summed E-state index contributed by atoms with van der Waals surface area (Å²) in [6, 6.07) is 4.78. The average Bonchev–Trinajstić information content (AvgIpc) is 2.93. The minimum atomic E-state index is -0.425. The highest BCUT2D eigenvalue weighted by Crippen LogP contribution is 2.55. The number of fused-ring (bicyclic) bond motifs is 1. The molecule has 1 saturated carbocycles. The van der Waals surface area contributed by atoms with Crippen LogP contribution in [0.15, 0.2) is 29.0 Å². The monoisotopic (exact) mass is 419 g/mol. The number of nitrogens with zero attached hydrogens (tertiary/aromatic N) is 3. The van der Waals surface area contributed by atoms with Crippen molar-refractivity contribution < 1.29 is 9.53 Å². The zero-order chi connectivity index (χ0) is 18.5. The molecular formula is C20H26BrN3O2. The number of pyridine rings is 1. The molecule has 0 bridgehead atoms. The van der Waals surface area contributed by atoms with E-state index < -0.39 is 5.60 Å². The number of aromatic nitrogens is 2. The zero-order valence-electron chi connectivity index (χ0n) is 15.7. The third kappa shape index (κ3) is 3.36. The molecule has 2 fully saturated rings. The fourth-order valence-electron chi connectivity index (χ4n) is 4.35. The van der Waals surface area contributed by atoms with E-state index in [-0.39, 0.29) is 6.09 Å². The van der Waals surface area contributed by atoms with Gasteiger partial charge in [0.25, 0.3) is 0 Å². The molecule has 6 heteroatoms. The normalized spacial score (nSPS) is 20.4. The molecule has 26 heavy (non-hydrogen) atoms. The molecule has 1 amide bonds. The summed E-state index contributed by atoms with van der Waals surface area (Å²) in [7, 11) is 0. The molecule has 4 rings (SSSR count). The van der Waals surface area contributed by atoms with Crippen LogP contribution in [0.3, 0.4) is 0 Å². The molecule has 1 aliphatic heterocycles. The number of likely N-dealkylation sites (tertiary alicyclic amines) is 1. The number of piperidine rings is 1. The largest absolute Gasteiger partial charge is 0.444 e. The molecule has 140 valence electrons. The highest BCUT2D eigenvalue weighted by Gasteiger charge is 2.47. The van der Waals surface area contributed by atoms with Crippen LogP contribution in [0.1, 0.15) is 52.5 Å². The first-order valence-corrected chi connectivity index (χ1v) is 10.1. The molecule has 1 saturated heterocycles. The summed E-state index contributed by atoms with van der Waals surface area (Å²) in [5.74, 6) is 0. The first-order chi connectivity index (χ1) is 12.2. The number of hydrogen-bond donors (Lipinski definition) is 0. The van der Waals surface area contributed by atoms with E-state index in [1.54, 1.807) is 0 Å². The SMILES string of the molecule is CC(C)(C)OC(=O)N1CCC2(CC1)CC(n1ccc3cc(Br)cnc31)C2. The van der Waals surface area contributed by atoms with Crippen molar-refractivity contribution in [2.45, 2.75) is 58.1 Å². The van der Waals surface area contributed by atoms with Crippen LogP contribution < -0.4 is 0 Å². The van der Waals surface area contributed by atoms with Gasteiger partial charge in [-0.25, -0.2) is 9.78 Å². The Morgan fingerprint density at radius 1 is 1.31 bits per heavy atom. The third-order valence-corrected chi connectivity index (χ3v) is 6.16. The quantitative estimate of drug-likeness (QED) is 0.641. The molecule has 2 aliphatic rings. The Morgan fingerprint density at radius 3 is 2.65 bits per heavy atom. The lowest BCUT2D eigenvalue weighted by Gasteiger charge is -2.52. The Labute approximate surface area is 162 Å². The Bertz CT molecular complexity index is 823. The lowest BCUT2D eigenvalue weighted by Crippen LogP contribution is -2.50. The van der Waals surface area contributed by atoms with Gasteiger partial charge in [0.1, 0.15) is 11.2 Å². The number of hydrogen-bond acceptors (Lipinski definition) is 3. The first-order valence-electron chi connectivity index (χ1n) is 9.35. The molecule has 1 spiro atoms. The topological polar surface area (TPSA) is 47.4 Å². The van der Waals surface area contributed by atoms with Crippen molar-refractivity contribution in [3.63, 3.8) is 0 Å². The number of amides is 1. The molecule has 1 aliphatic carbocycles. The second kappa shape index (κ2) is 6.25. The van der Waals surface area contributed by atoms with Crippen molar-refractivity contribution in [2.24, 2.45) is 5.41 Å². The molecule has 3 heterocycles. The number of rotatable bonds is 1. The van der Waals surface area contributed by atoms with Crippen molar-refractivity contribution in [3.8, 4) is 0 Å². The van der Waals surface area contributed by atoms with Crippen molar-refractivity contribution >= 4 is 33.1 Å². The van der Waals surface area contributed by atoms with Gasteiger partial charge in [-0.15, -0.1) is 0 Å². The van der Waals surface area contributed by atoms with Gasteiger partial charge in [-0.3, -0.25) is 0 Å². The summed E-state index contributed by atoms with van der Waals surface area (Å²) in [6.45, 7) is 7.36. The van der Waals surface area contributed by atoms with Crippen molar-refractivity contribution in [1.82, 2.24) is 14.5 Å². The standard InChI is InChI=1S/C20H26BrN3O2/c1-19(2,3)26-18(25)23-8-5-20(6-9-23)11-16(12-20)24-7-4-14-10-15(21)13-22-17(14)24/h4,7,10,13,16H,5-6,8-9,11-12H2,1-3H3. The molecule has 5 nitrogen and oxygen atoms in total. The van der Waals surface area contributed by atoms with E-state index in [1.807, 2.05) is 31.9 Å². The number of ether oxygens (including phenoxy) is 1. The minimum Gasteiger partial charge on any atom is -0.444 e. The van der Waals surface area contributed by atoms with E-state index in [0.717, 1.165) is 36.1 Å². The summed E-state index contributed by atoms with van der Waals surface area (Å²) in [5, 5.41) is 1.18. The van der Waals surface area contributed by atoms with E-state index in [1.165, 1.54) is 18.2 Å². The van der Waals surface area contributed by atoms with Crippen LogP contribution in [0.5, 0.6) is 0 Å². The minimum absolute atomic E-state index is 0.172. The van der Waals surface area contributed by atoms with Gasteiger partial charge in [0.05, 0.1) is 0 Å². The fraction of sp³-hybridized carbons (Fsp3) is 0.600. The van der Waals surface area contributed by atoms with Crippen LogP contribution in [-0.2, 0) is 4.74 Å². The lowest BCUT2D eigenvalue weighted by atomic mass is 9.60. The first kappa shape index (κ1) is 17.8. The Morgan fingerprint density at radius 2 is 2.00 bits per heavy atom. The molecule has 0 unspecified atom stereocenters. The van der Waals surface area contributed by atoms with Gasteiger partial charge in [-0.1, -0.05) is 0 Å². The molecule has 0 atom stereocenters. The van der Waals surface area contributed by atoms with Crippen LogP contribution in [0.25, 0.3) is 11.0 Å². The third-order valence-electron chi connectivity index (χ3n) is 5.73. The maximum absolute atomic E-state index is 12.2. The molecule has 2 aromatic heterocycles. The molecule has 0 aromatic carbocycles. The van der Waals surface area contributed by atoms with Crippen LogP contribution in [-0.4, -0.2) is 39.2 Å². The zero-order valence-corrected chi connectivity index (χ0v) is 17.3. The van der Waals surface area contributed by atoms with Gasteiger partial charge in [0, 0.05) is 41.4 Å². The molecule has 2 aromatic rings. The fourth-order valence-corrected chi connectivity index (χ4v) is 4.70. The lowest BCUT2D eigenvalue weighted by molar-refractivity contribution is -0.0226. The van der Waals surface area contributed by atoms with Crippen molar-refractivity contribution in [3.05, 3.63) is 29.0 Å². The highest BCUT2D eigenvalue weighted by atomic mass is 79.9. The summed E-state index contributed by atoms with van der Waals surface area (Å²) >= 11 is 3.49. The van der Waals surface area contributed by atoms with E-state index >= 15 is 0 Å². The van der Waals surface area contributed by atoms with Gasteiger partial charge >= 0.3 is 6.09 Å². The number of halogens is 1. The predicted octanol–water partition coefficient (Wildman–Crippen LogP) is 5.15. The van der Waals surface area contributed by atoms with Gasteiger partial charge in [-0.2, -0.15) is 0 Å². The van der Waals surface area contributed by atoms with E-state index in [9.17, 15) is 4.79 Å². The van der Waals surface area contributed by atoms with Crippen molar-refractivity contribution in [2.75, 3.05) is 13.1 Å². The van der Waals surface area contributed by atoms with Gasteiger partial charge in [0.2, 0.25) is 0 Å². The summed E-state index contributed by atoms with van der Waals surface area (Å²) in [4.78, 5) is 18.7. The molecule has 0 radical (unpaired) electrons. The maximum Gasteiger partial charge on any atom is 0.410 e. The Balaban J connectivity index is 1.37. The second-order valence-electron chi connectivity index (χ2n) is 8.82. The van der Waals surface area contributed by atoms with Gasteiger partial charge < -0.3 is 14.2 Å². The van der Waals surface area contributed by atoms with E-state index in [2.05, 4.69) is 43.8 Å². The van der Waals surface area contributed by atoms with Gasteiger partial charge in [0.15, 0.2) is 0 Å². The number of carbonyl (C=O) groups excluding carboxylic acids is 1. The summed E-state index contributed by atoms with van der Waals surface area (Å²) in [5.41, 5.74) is 1.03. The average molecular weight is 420 g/mol. The predicted molar refractivity (Wildman–Crippen MR) is 105 cm³/mol. The van der Waals surface area contributed by atoms with Crippen molar-refractivity contribution in [1.29, 1.82) is 0 Å². The van der Waals surface area contributed by atoms with Gasteiger partial charge in [-0.05, 0) is 79.9 Å². The highest BCUT2D eigenvalue weighted by molar-refractivity contribution is 9.10. The molecular weight excluding hydrogens is 394 g/mol. The van der Waals surface area contributed by atoms with Crippen LogP contribution in [0, 0.1) is 5.41 Å². The second-order valence-corrected chi connectivity index (χ2v) is 9.73.